The molecular formula is C31H27F3N6OS2. The first-order chi connectivity index (χ1) is 20.8. The average Bonchev–Trinajstić information content (AvgIpc) is 3.67. The molecule has 1 amide bonds. The fourth-order valence-corrected chi connectivity index (χ4v) is 6.69. The van der Waals surface area contributed by atoms with Crippen LogP contribution in [0.25, 0.3) is 5.69 Å². The van der Waals surface area contributed by atoms with Crippen LogP contribution >= 0.6 is 23.1 Å². The number of halogens is 3. The highest BCUT2D eigenvalue weighted by Crippen LogP contribution is 2.32. The molecule has 3 aromatic carbocycles. The molecule has 6 rings (SSSR count). The maximum atomic E-state index is 13.2. The Kier molecular flexibility index (Phi) is 8.48. The van der Waals surface area contributed by atoms with Crippen molar-refractivity contribution in [2.75, 3.05) is 31.1 Å². The Morgan fingerprint density at radius 2 is 1.56 bits per heavy atom. The Morgan fingerprint density at radius 3 is 2.28 bits per heavy atom. The van der Waals surface area contributed by atoms with E-state index in [2.05, 4.69) is 31.9 Å². The second-order valence-corrected chi connectivity index (χ2v) is 11.9. The number of para-hydroxylation sites is 1. The highest BCUT2D eigenvalue weighted by molar-refractivity contribution is 7.98. The molecule has 7 nitrogen and oxygen atoms in total. The van der Waals surface area contributed by atoms with Gasteiger partial charge in [0.05, 0.1) is 11.3 Å². The Morgan fingerprint density at radius 1 is 0.860 bits per heavy atom. The van der Waals surface area contributed by atoms with Crippen molar-refractivity contribution in [3.8, 4) is 5.69 Å². The molecule has 1 aliphatic heterocycles. The van der Waals surface area contributed by atoms with Crippen LogP contribution in [-0.2, 0) is 18.3 Å². The molecule has 1 fully saturated rings. The highest BCUT2D eigenvalue weighted by Gasteiger charge is 2.31. The molecule has 0 radical (unpaired) electrons. The summed E-state index contributed by atoms with van der Waals surface area (Å²) in [6.07, 6.45) is -3.75. The largest absolute Gasteiger partial charge is 0.416 e. The molecule has 0 aliphatic carbocycles. The van der Waals surface area contributed by atoms with Crippen LogP contribution in [0.1, 0.15) is 32.4 Å². The highest BCUT2D eigenvalue weighted by atomic mass is 32.2. The van der Waals surface area contributed by atoms with E-state index in [1.165, 1.54) is 29.2 Å². The third kappa shape index (κ3) is 6.75. The van der Waals surface area contributed by atoms with Crippen molar-refractivity contribution in [3.63, 3.8) is 0 Å². The van der Waals surface area contributed by atoms with Crippen molar-refractivity contribution in [1.82, 2.24) is 24.6 Å². The first-order valence-electron chi connectivity index (χ1n) is 13.7. The standard InChI is InChI=1S/C31H27F3N6OS2/c32-31(33,34)23-10-7-13-25(19-23)38-14-16-39(17-15-38)29(41)26-20-42-28(35-26)21-43-30-37-36-27(18-22-8-3-1-4-9-22)40(30)24-11-5-2-6-12-24/h1-13,19-20H,14-18,21H2. The molecule has 0 bridgehead atoms. The topological polar surface area (TPSA) is 67.2 Å². The van der Waals surface area contributed by atoms with E-state index >= 15 is 0 Å². The summed E-state index contributed by atoms with van der Waals surface area (Å²) < 4.78 is 41.5. The van der Waals surface area contributed by atoms with Gasteiger partial charge in [-0.1, -0.05) is 66.4 Å². The van der Waals surface area contributed by atoms with Gasteiger partial charge in [-0.15, -0.1) is 21.5 Å². The maximum absolute atomic E-state index is 13.2. The van der Waals surface area contributed by atoms with Gasteiger partial charge in [0.2, 0.25) is 0 Å². The molecule has 2 aromatic heterocycles. The van der Waals surface area contributed by atoms with Gasteiger partial charge < -0.3 is 9.80 Å². The van der Waals surface area contributed by atoms with Crippen LogP contribution in [-0.4, -0.2) is 56.7 Å². The molecule has 0 spiro atoms. The van der Waals surface area contributed by atoms with Crippen molar-refractivity contribution in [2.45, 2.75) is 23.5 Å². The molecule has 0 saturated carbocycles. The van der Waals surface area contributed by atoms with Crippen LogP contribution in [0.5, 0.6) is 0 Å². The number of carbonyl (C=O) groups is 1. The SMILES string of the molecule is O=C(c1csc(CSc2nnc(Cc3ccccc3)n2-c2ccccc2)n1)N1CCN(c2cccc(C(F)(F)F)c2)CC1. The van der Waals surface area contributed by atoms with E-state index in [-0.39, 0.29) is 5.91 Å². The minimum atomic E-state index is -4.39. The van der Waals surface area contributed by atoms with Crippen LogP contribution < -0.4 is 4.90 Å². The van der Waals surface area contributed by atoms with Crippen LogP contribution in [0.15, 0.2) is 95.5 Å². The zero-order valence-corrected chi connectivity index (χ0v) is 24.6. The van der Waals surface area contributed by atoms with Crippen molar-refractivity contribution < 1.29 is 18.0 Å². The normalized spacial score (nSPS) is 13.8. The Bertz CT molecular complexity index is 1680. The van der Waals surface area contributed by atoms with Gasteiger partial charge in [0.15, 0.2) is 5.16 Å². The zero-order chi connectivity index (χ0) is 29.8. The molecular weight excluding hydrogens is 594 g/mol. The molecule has 1 saturated heterocycles. The summed E-state index contributed by atoms with van der Waals surface area (Å²) in [5, 5.41) is 12.3. The predicted octanol–water partition coefficient (Wildman–Crippen LogP) is 6.59. The number of aromatic nitrogens is 4. The van der Waals surface area contributed by atoms with Crippen LogP contribution in [0.3, 0.4) is 0 Å². The number of alkyl halides is 3. The number of piperazine rings is 1. The third-order valence-electron chi connectivity index (χ3n) is 7.12. The van der Waals surface area contributed by atoms with Crippen LogP contribution in [0.2, 0.25) is 0 Å². The number of anilines is 1. The first-order valence-corrected chi connectivity index (χ1v) is 15.5. The van der Waals surface area contributed by atoms with E-state index in [0.717, 1.165) is 39.4 Å². The van der Waals surface area contributed by atoms with Gasteiger partial charge in [-0.2, -0.15) is 13.2 Å². The average molecular weight is 621 g/mol. The van der Waals surface area contributed by atoms with E-state index in [4.69, 9.17) is 0 Å². The number of thiazole rings is 1. The van der Waals surface area contributed by atoms with Crippen molar-refractivity contribution in [1.29, 1.82) is 0 Å². The van der Waals surface area contributed by atoms with Gasteiger partial charge in [-0.25, -0.2) is 4.98 Å². The van der Waals surface area contributed by atoms with Crippen molar-refractivity contribution in [2.24, 2.45) is 0 Å². The molecule has 5 aromatic rings. The van der Waals surface area contributed by atoms with E-state index in [1.54, 1.807) is 16.3 Å². The predicted molar refractivity (Wildman–Crippen MR) is 162 cm³/mol. The fourth-order valence-electron chi connectivity index (χ4n) is 4.93. The molecule has 220 valence electrons. The molecule has 43 heavy (non-hydrogen) atoms. The molecule has 0 unspecified atom stereocenters. The number of carbonyl (C=O) groups excluding carboxylic acids is 1. The fraction of sp³-hybridized carbons (Fsp3) is 0.226. The summed E-state index contributed by atoms with van der Waals surface area (Å²) in [7, 11) is 0. The number of thioether (sulfide) groups is 1. The molecule has 1 aliphatic rings. The second-order valence-electron chi connectivity index (χ2n) is 9.97. The third-order valence-corrected chi connectivity index (χ3v) is 9.09. The Hall–Kier alpha value is -4.16. The molecule has 0 atom stereocenters. The van der Waals surface area contributed by atoms with Gasteiger partial charge in [-0.05, 0) is 35.9 Å². The molecule has 12 heteroatoms. The van der Waals surface area contributed by atoms with E-state index in [1.807, 2.05) is 53.4 Å². The van der Waals surface area contributed by atoms with Gasteiger partial charge >= 0.3 is 6.18 Å². The summed E-state index contributed by atoms with van der Waals surface area (Å²) in [6, 6.07) is 25.4. The van der Waals surface area contributed by atoms with Crippen molar-refractivity contribution >= 4 is 34.7 Å². The van der Waals surface area contributed by atoms with E-state index < -0.39 is 11.7 Å². The Labute approximate surface area is 255 Å². The molecule has 3 heterocycles. The van der Waals surface area contributed by atoms with Gasteiger partial charge in [0.25, 0.3) is 5.91 Å². The summed E-state index contributed by atoms with van der Waals surface area (Å²) in [4.78, 5) is 21.4. The van der Waals surface area contributed by atoms with Gasteiger partial charge in [0.1, 0.15) is 16.5 Å². The van der Waals surface area contributed by atoms with E-state index in [9.17, 15) is 18.0 Å². The number of hydrogen-bond acceptors (Lipinski definition) is 7. The second kappa shape index (κ2) is 12.6. The monoisotopic (exact) mass is 620 g/mol. The lowest BCUT2D eigenvalue weighted by molar-refractivity contribution is -0.137. The summed E-state index contributed by atoms with van der Waals surface area (Å²) >= 11 is 2.93. The number of amides is 1. The summed E-state index contributed by atoms with van der Waals surface area (Å²) in [5.74, 6) is 1.19. The lowest BCUT2D eigenvalue weighted by atomic mass is 10.1. The Balaban J connectivity index is 1.10. The summed E-state index contributed by atoms with van der Waals surface area (Å²) in [5.41, 5.74) is 2.32. The number of rotatable bonds is 8. The van der Waals surface area contributed by atoms with Gasteiger partial charge in [0, 0.05) is 49.4 Å². The maximum Gasteiger partial charge on any atom is 0.416 e. The smallest absolute Gasteiger partial charge is 0.368 e. The first kappa shape index (κ1) is 28.9. The molecule has 0 N–H and O–H groups in total. The zero-order valence-electron chi connectivity index (χ0n) is 22.9. The van der Waals surface area contributed by atoms with E-state index in [0.29, 0.717) is 49.7 Å². The minimum absolute atomic E-state index is 0.172. The van der Waals surface area contributed by atoms with Crippen LogP contribution in [0.4, 0.5) is 18.9 Å². The minimum Gasteiger partial charge on any atom is -0.368 e. The number of benzene rings is 3. The number of nitrogens with zero attached hydrogens (tertiary/aromatic N) is 6. The quantitative estimate of drug-likeness (QED) is 0.183. The number of hydrogen-bond donors (Lipinski definition) is 0. The lowest BCUT2D eigenvalue weighted by Gasteiger charge is -2.36. The van der Waals surface area contributed by atoms with Gasteiger partial charge in [-0.3, -0.25) is 9.36 Å². The lowest BCUT2D eigenvalue weighted by Crippen LogP contribution is -2.49. The van der Waals surface area contributed by atoms with Crippen LogP contribution in [0, 0.1) is 0 Å². The van der Waals surface area contributed by atoms with Crippen molar-refractivity contribution in [3.05, 3.63) is 118 Å². The summed E-state index contributed by atoms with van der Waals surface area (Å²) in [6.45, 7) is 1.70.